The molecule has 0 aliphatic heterocycles. The minimum absolute atomic E-state index is 0.167. The molecule has 1 aromatic heterocycles. The van der Waals surface area contributed by atoms with E-state index < -0.39 is 0 Å². The van der Waals surface area contributed by atoms with E-state index in [1.165, 1.54) is 19.3 Å². The number of aromatic nitrogens is 1. The molecule has 88 valence electrons. The average Bonchev–Trinajstić information content (AvgIpc) is 2.73. The van der Waals surface area contributed by atoms with Crippen molar-refractivity contribution in [1.82, 2.24) is 10.3 Å². The van der Waals surface area contributed by atoms with Crippen LogP contribution in [0, 0.1) is 12.8 Å². The van der Waals surface area contributed by atoms with Crippen LogP contribution >= 0.6 is 0 Å². The third kappa shape index (κ3) is 2.84. The van der Waals surface area contributed by atoms with Crippen molar-refractivity contribution >= 4 is 5.91 Å². The first-order chi connectivity index (χ1) is 7.75. The molecular formula is C12H18N2O2. The molecule has 0 aromatic carbocycles. The smallest absolute Gasteiger partial charge is 0.223 e. The van der Waals surface area contributed by atoms with Gasteiger partial charge in [-0.15, -0.1) is 0 Å². The largest absolute Gasteiger partial charge is 0.449 e. The van der Waals surface area contributed by atoms with Crippen LogP contribution in [0.25, 0.3) is 0 Å². The first-order valence-corrected chi connectivity index (χ1v) is 5.94. The molecule has 1 aromatic rings. The Labute approximate surface area is 95.4 Å². The number of hydrogen-bond acceptors (Lipinski definition) is 3. The molecule has 1 fully saturated rings. The van der Waals surface area contributed by atoms with E-state index >= 15 is 0 Å². The standard InChI is InChI=1S/C12H18N2O2/c1-9-14-11(8-16-9)7-13-12(15)10-5-3-2-4-6-10/h8,10H,2-7H2,1H3,(H,13,15). The molecule has 0 unspecified atom stereocenters. The fourth-order valence-electron chi connectivity index (χ4n) is 2.18. The number of nitrogens with one attached hydrogen (secondary N) is 1. The van der Waals surface area contributed by atoms with Gasteiger partial charge in [0.05, 0.1) is 12.2 Å². The molecular weight excluding hydrogens is 204 g/mol. The molecule has 0 saturated heterocycles. The van der Waals surface area contributed by atoms with E-state index in [-0.39, 0.29) is 11.8 Å². The predicted molar refractivity (Wildman–Crippen MR) is 59.7 cm³/mol. The number of amides is 1. The number of carbonyl (C=O) groups excluding carboxylic acids is 1. The van der Waals surface area contributed by atoms with Gasteiger partial charge in [0.2, 0.25) is 5.91 Å². The predicted octanol–water partition coefficient (Wildman–Crippen LogP) is 2.18. The van der Waals surface area contributed by atoms with E-state index in [0.717, 1.165) is 18.5 Å². The second-order valence-electron chi connectivity index (χ2n) is 4.41. The Hall–Kier alpha value is -1.32. The summed E-state index contributed by atoms with van der Waals surface area (Å²) in [6, 6.07) is 0. The summed E-state index contributed by atoms with van der Waals surface area (Å²) in [7, 11) is 0. The van der Waals surface area contributed by atoms with Crippen LogP contribution in [-0.4, -0.2) is 10.9 Å². The van der Waals surface area contributed by atoms with Crippen molar-refractivity contribution < 1.29 is 9.21 Å². The minimum Gasteiger partial charge on any atom is -0.449 e. The van der Waals surface area contributed by atoms with E-state index in [1.807, 2.05) is 0 Å². The lowest BCUT2D eigenvalue weighted by Gasteiger charge is -2.20. The zero-order valence-electron chi connectivity index (χ0n) is 9.66. The molecule has 1 aliphatic carbocycles. The van der Waals surface area contributed by atoms with E-state index in [9.17, 15) is 4.79 Å². The van der Waals surface area contributed by atoms with Crippen molar-refractivity contribution in [3.05, 3.63) is 17.8 Å². The molecule has 1 aliphatic rings. The van der Waals surface area contributed by atoms with Crippen LogP contribution in [0.4, 0.5) is 0 Å². The van der Waals surface area contributed by atoms with Crippen molar-refractivity contribution in [3.8, 4) is 0 Å². The van der Waals surface area contributed by atoms with Gasteiger partial charge in [-0.1, -0.05) is 19.3 Å². The Morgan fingerprint density at radius 1 is 1.50 bits per heavy atom. The fourth-order valence-corrected chi connectivity index (χ4v) is 2.18. The van der Waals surface area contributed by atoms with Gasteiger partial charge in [0.1, 0.15) is 6.26 Å². The molecule has 4 heteroatoms. The molecule has 1 amide bonds. The fraction of sp³-hybridized carbons (Fsp3) is 0.667. The van der Waals surface area contributed by atoms with Gasteiger partial charge < -0.3 is 9.73 Å². The van der Waals surface area contributed by atoms with E-state index in [2.05, 4.69) is 10.3 Å². The summed E-state index contributed by atoms with van der Waals surface area (Å²) in [5, 5.41) is 2.92. The highest BCUT2D eigenvalue weighted by Gasteiger charge is 2.20. The van der Waals surface area contributed by atoms with Gasteiger partial charge in [-0.25, -0.2) is 4.98 Å². The summed E-state index contributed by atoms with van der Waals surface area (Å²) in [4.78, 5) is 16.0. The number of aryl methyl sites for hydroxylation is 1. The second kappa shape index (κ2) is 5.14. The second-order valence-corrected chi connectivity index (χ2v) is 4.41. The molecule has 0 bridgehead atoms. The Kier molecular flexibility index (Phi) is 3.59. The Balaban J connectivity index is 1.78. The van der Waals surface area contributed by atoms with Gasteiger partial charge in [-0.05, 0) is 12.8 Å². The molecule has 16 heavy (non-hydrogen) atoms. The first-order valence-electron chi connectivity index (χ1n) is 5.94. The highest BCUT2D eigenvalue weighted by atomic mass is 16.3. The molecule has 0 atom stereocenters. The maximum Gasteiger partial charge on any atom is 0.223 e. The third-order valence-electron chi connectivity index (χ3n) is 3.09. The highest BCUT2D eigenvalue weighted by Crippen LogP contribution is 2.23. The summed E-state index contributed by atoms with van der Waals surface area (Å²) < 4.78 is 5.08. The SMILES string of the molecule is Cc1nc(CNC(=O)C2CCCCC2)co1. The number of hydrogen-bond donors (Lipinski definition) is 1. The number of rotatable bonds is 3. The maximum atomic E-state index is 11.8. The molecule has 1 saturated carbocycles. The van der Waals surface area contributed by atoms with E-state index in [1.54, 1.807) is 13.2 Å². The van der Waals surface area contributed by atoms with Crippen molar-refractivity contribution in [2.75, 3.05) is 0 Å². The van der Waals surface area contributed by atoms with Gasteiger partial charge in [0.25, 0.3) is 0 Å². The summed E-state index contributed by atoms with van der Waals surface area (Å²) in [6.45, 7) is 2.28. The molecule has 1 heterocycles. The maximum absolute atomic E-state index is 11.8. The number of nitrogens with zero attached hydrogens (tertiary/aromatic N) is 1. The van der Waals surface area contributed by atoms with Crippen molar-refractivity contribution in [2.45, 2.75) is 45.6 Å². The van der Waals surface area contributed by atoms with Crippen molar-refractivity contribution in [1.29, 1.82) is 0 Å². The molecule has 1 N–H and O–H groups in total. The number of carbonyl (C=O) groups is 1. The third-order valence-corrected chi connectivity index (χ3v) is 3.09. The van der Waals surface area contributed by atoms with Gasteiger partial charge in [0.15, 0.2) is 5.89 Å². The van der Waals surface area contributed by atoms with Crippen LogP contribution in [0.15, 0.2) is 10.7 Å². The van der Waals surface area contributed by atoms with Gasteiger partial charge in [-0.3, -0.25) is 4.79 Å². The van der Waals surface area contributed by atoms with Gasteiger partial charge in [0, 0.05) is 12.8 Å². The normalized spacial score (nSPS) is 17.3. The molecule has 4 nitrogen and oxygen atoms in total. The first kappa shape index (κ1) is 11.2. The van der Waals surface area contributed by atoms with Crippen LogP contribution in [0.1, 0.15) is 43.7 Å². The van der Waals surface area contributed by atoms with Gasteiger partial charge in [-0.2, -0.15) is 0 Å². The molecule has 0 spiro atoms. The number of oxazole rings is 1. The monoisotopic (exact) mass is 222 g/mol. The Bertz CT molecular complexity index is 354. The quantitative estimate of drug-likeness (QED) is 0.852. The van der Waals surface area contributed by atoms with Gasteiger partial charge >= 0.3 is 0 Å². The van der Waals surface area contributed by atoms with Crippen molar-refractivity contribution in [2.24, 2.45) is 5.92 Å². The summed E-state index contributed by atoms with van der Waals surface area (Å²) >= 11 is 0. The lowest BCUT2D eigenvalue weighted by atomic mass is 9.89. The Morgan fingerprint density at radius 2 is 2.25 bits per heavy atom. The summed E-state index contributed by atoms with van der Waals surface area (Å²) in [5.41, 5.74) is 0.793. The van der Waals surface area contributed by atoms with E-state index in [4.69, 9.17) is 4.42 Å². The Morgan fingerprint density at radius 3 is 2.88 bits per heavy atom. The lowest BCUT2D eigenvalue weighted by molar-refractivity contribution is -0.126. The van der Waals surface area contributed by atoms with Crippen LogP contribution in [0.3, 0.4) is 0 Å². The van der Waals surface area contributed by atoms with Crippen LogP contribution < -0.4 is 5.32 Å². The summed E-state index contributed by atoms with van der Waals surface area (Å²) in [6.07, 6.45) is 7.29. The zero-order chi connectivity index (χ0) is 11.4. The molecule has 0 radical (unpaired) electrons. The average molecular weight is 222 g/mol. The minimum atomic E-state index is 0.167. The highest BCUT2D eigenvalue weighted by molar-refractivity contribution is 5.78. The van der Waals surface area contributed by atoms with Crippen molar-refractivity contribution in [3.63, 3.8) is 0 Å². The lowest BCUT2D eigenvalue weighted by Crippen LogP contribution is -2.31. The van der Waals surface area contributed by atoms with Crippen LogP contribution in [0.5, 0.6) is 0 Å². The van der Waals surface area contributed by atoms with Crippen LogP contribution in [0.2, 0.25) is 0 Å². The zero-order valence-corrected chi connectivity index (χ0v) is 9.66. The topological polar surface area (TPSA) is 55.1 Å². The summed E-state index contributed by atoms with van der Waals surface area (Å²) in [5.74, 6) is 1.02. The van der Waals surface area contributed by atoms with Crippen LogP contribution in [-0.2, 0) is 11.3 Å². The molecule has 2 rings (SSSR count). The van der Waals surface area contributed by atoms with E-state index in [0.29, 0.717) is 12.4 Å².